The van der Waals surface area contributed by atoms with Crippen LogP contribution in [0.25, 0.3) is 0 Å². The Morgan fingerprint density at radius 2 is 1.53 bits per heavy atom. The van der Waals surface area contributed by atoms with Gasteiger partial charge in [-0.15, -0.1) is 0 Å². The molecule has 2 fully saturated rings. The Labute approximate surface area is 289 Å². The van der Waals surface area contributed by atoms with Crippen molar-refractivity contribution in [1.29, 1.82) is 0 Å². The summed E-state index contributed by atoms with van der Waals surface area (Å²) in [6.45, 7) is 5.69. The molecule has 2 heterocycles. The summed E-state index contributed by atoms with van der Waals surface area (Å²) in [5.74, 6) is -1.09. The minimum atomic E-state index is -0.658. The molecule has 1 saturated heterocycles. The zero-order chi connectivity index (χ0) is 34.6. The summed E-state index contributed by atoms with van der Waals surface area (Å²) < 4.78 is 1.47. The highest BCUT2D eigenvalue weighted by Crippen LogP contribution is 2.25. The highest BCUT2D eigenvalue weighted by atomic mass is 16.2. The first-order chi connectivity index (χ1) is 23.8. The normalized spacial score (nSPS) is 16.9. The number of carbonyl (C=O) groups excluding carboxylic acids is 4. The zero-order valence-electron chi connectivity index (χ0n) is 28.8. The quantitative estimate of drug-likeness (QED) is 0.222. The van der Waals surface area contributed by atoms with Gasteiger partial charge in [-0.2, -0.15) is 5.10 Å². The molecule has 1 aliphatic heterocycles. The lowest BCUT2D eigenvalue weighted by Gasteiger charge is -2.36. The number of aliphatic imine (C=N–C) groups is 1. The Hall–Kier alpha value is -4.64. The Bertz CT molecular complexity index is 1590. The smallest absolute Gasteiger partial charge is 0.295 e. The number of nitrogens with one attached hydrogen (secondary N) is 2. The van der Waals surface area contributed by atoms with E-state index in [1.54, 1.807) is 26.2 Å². The zero-order valence-corrected chi connectivity index (χ0v) is 28.8. The number of rotatable bonds is 12. The Kier molecular flexibility index (Phi) is 12.9. The molecular weight excluding hydrogens is 618 g/mol. The van der Waals surface area contributed by atoms with E-state index in [1.165, 1.54) is 10.2 Å². The summed E-state index contributed by atoms with van der Waals surface area (Å²) >= 11 is 0. The van der Waals surface area contributed by atoms with Gasteiger partial charge >= 0.3 is 0 Å². The van der Waals surface area contributed by atoms with Crippen molar-refractivity contribution in [1.82, 2.24) is 30.2 Å². The van der Waals surface area contributed by atoms with Gasteiger partial charge in [-0.25, -0.2) is 4.99 Å². The van der Waals surface area contributed by atoms with Crippen molar-refractivity contribution in [2.24, 2.45) is 18.0 Å². The third-order valence-electron chi connectivity index (χ3n) is 9.54. The maximum Gasteiger partial charge on any atom is 0.295 e. The van der Waals surface area contributed by atoms with E-state index in [1.807, 2.05) is 47.4 Å². The molecule has 11 heteroatoms. The topological polar surface area (TPSA) is 129 Å². The monoisotopic (exact) mass is 667 g/mol. The average Bonchev–Trinajstić information content (AvgIpc) is 3.38. The van der Waals surface area contributed by atoms with Crippen molar-refractivity contribution >= 4 is 29.3 Å². The van der Waals surface area contributed by atoms with E-state index in [2.05, 4.69) is 37.8 Å². The number of amides is 4. The van der Waals surface area contributed by atoms with Crippen LogP contribution in [0.1, 0.15) is 79.0 Å². The molecular formula is C38H49N7O4. The maximum atomic E-state index is 13.7. The fourth-order valence-electron chi connectivity index (χ4n) is 6.62. The second kappa shape index (κ2) is 17.7. The predicted octanol–water partition coefficient (Wildman–Crippen LogP) is 4.07. The molecule has 0 spiro atoms. The van der Waals surface area contributed by atoms with Gasteiger partial charge in [0.05, 0.1) is 0 Å². The van der Waals surface area contributed by atoms with Crippen molar-refractivity contribution < 1.29 is 19.2 Å². The van der Waals surface area contributed by atoms with Crippen LogP contribution >= 0.6 is 0 Å². The summed E-state index contributed by atoms with van der Waals surface area (Å²) in [6, 6.07) is 19.0. The molecule has 0 unspecified atom stereocenters. The molecule has 4 amide bonds. The van der Waals surface area contributed by atoms with Crippen molar-refractivity contribution in [3.05, 3.63) is 89.2 Å². The average molecular weight is 668 g/mol. The van der Waals surface area contributed by atoms with Crippen molar-refractivity contribution in [3.8, 4) is 0 Å². The molecule has 0 radical (unpaired) electrons. The van der Waals surface area contributed by atoms with E-state index >= 15 is 0 Å². The van der Waals surface area contributed by atoms with Gasteiger partial charge in [-0.3, -0.25) is 28.8 Å². The molecule has 1 aliphatic carbocycles. The lowest BCUT2D eigenvalue weighted by atomic mass is 9.93. The van der Waals surface area contributed by atoms with Crippen molar-refractivity contribution in [2.75, 3.05) is 26.2 Å². The standard InChI is InChI=1S/C38H49N7O4/c1-3-34(46)41-32(38(49)45-23-21-44(22-24-45)27-30-11-7-6-8-12-30)25-28-15-17-29(18-16-28)26-39-37(48)35(31-13-9-4-5-10-14-31)42-36(47)33-19-20-40-43(33)2/h6-8,11-12,15-20,31-32H,3-5,9-10,13-14,21-27H2,1-2H3,(H,39,48)(H,41,46)/t32-/m1/s1. The number of aromatic nitrogens is 2. The van der Waals surface area contributed by atoms with Gasteiger partial charge in [0.25, 0.3) is 11.8 Å². The molecule has 1 saturated carbocycles. The predicted molar refractivity (Wildman–Crippen MR) is 189 cm³/mol. The van der Waals surface area contributed by atoms with E-state index in [0.717, 1.165) is 69.3 Å². The summed E-state index contributed by atoms with van der Waals surface area (Å²) in [4.78, 5) is 61.1. The highest BCUT2D eigenvalue weighted by molar-refractivity contribution is 6.41. The van der Waals surface area contributed by atoms with Crippen LogP contribution in [-0.4, -0.2) is 81.1 Å². The molecule has 1 aromatic heterocycles. The minimum Gasteiger partial charge on any atom is -0.347 e. The SMILES string of the molecule is CCC(=O)N[C@H](Cc1ccc(CNC(=O)C(=NC(=O)c2ccnn2C)C2CCCCCC2)cc1)C(=O)N1CCN(Cc2ccccc2)CC1. The molecule has 0 bridgehead atoms. The number of hydrogen-bond donors (Lipinski definition) is 2. The molecule has 2 aliphatic rings. The Balaban J connectivity index is 1.19. The first-order valence-electron chi connectivity index (χ1n) is 17.6. The fraction of sp³-hybridized carbons (Fsp3) is 0.474. The Morgan fingerprint density at radius 1 is 0.857 bits per heavy atom. The van der Waals surface area contributed by atoms with Gasteiger partial charge in [0, 0.05) is 71.3 Å². The lowest BCUT2D eigenvalue weighted by molar-refractivity contribution is -0.138. The summed E-state index contributed by atoms with van der Waals surface area (Å²) in [5.41, 5.74) is 3.67. The number of nitrogens with zero attached hydrogens (tertiary/aromatic N) is 5. The van der Waals surface area contributed by atoms with E-state index in [4.69, 9.17) is 0 Å². The summed E-state index contributed by atoms with van der Waals surface area (Å²) in [5, 5.41) is 10.0. The first-order valence-corrected chi connectivity index (χ1v) is 17.6. The number of hydrogen-bond acceptors (Lipinski definition) is 6. The lowest BCUT2D eigenvalue weighted by Crippen LogP contribution is -2.55. The van der Waals surface area contributed by atoms with Crippen molar-refractivity contribution in [2.45, 2.75) is 77.4 Å². The second-order valence-corrected chi connectivity index (χ2v) is 13.1. The summed E-state index contributed by atoms with van der Waals surface area (Å²) in [7, 11) is 1.68. The van der Waals surface area contributed by atoms with E-state index < -0.39 is 11.9 Å². The van der Waals surface area contributed by atoms with Gasteiger partial charge in [0.15, 0.2) is 0 Å². The van der Waals surface area contributed by atoms with Gasteiger partial charge in [0.1, 0.15) is 17.4 Å². The van der Waals surface area contributed by atoms with Crippen LogP contribution < -0.4 is 10.6 Å². The van der Waals surface area contributed by atoms with E-state index in [9.17, 15) is 19.2 Å². The first kappa shape index (κ1) is 35.7. The molecule has 1 atom stereocenters. The molecule has 2 N–H and O–H groups in total. The number of aryl methyl sites for hydroxylation is 1. The molecule has 5 rings (SSSR count). The molecule has 49 heavy (non-hydrogen) atoms. The van der Waals surface area contributed by atoms with Gasteiger partial charge in [0.2, 0.25) is 11.8 Å². The van der Waals surface area contributed by atoms with Gasteiger partial charge in [-0.1, -0.05) is 87.2 Å². The van der Waals surface area contributed by atoms with Crippen LogP contribution in [0.5, 0.6) is 0 Å². The number of piperazine rings is 1. The number of carbonyl (C=O) groups is 4. The van der Waals surface area contributed by atoms with E-state index in [-0.39, 0.29) is 30.2 Å². The maximum absolute atomic E-state index is 13.7. The number of benzene rings is 2. The molecule has 3 aromatic rings. The van der Waals surface area contributed by atoms with E-state index in [0.29, 0.717) is 37.3 Å². The highest BCUT2D eigenvalue weighted by Gasteiger charge is 2.29. The van der Waals surface area contributed by atoms with Gasteiger partial charge < -0.3 is 15.5 Å². The van der Waals surface area contributed by atoms with Crippen LogP contribution in [0, 0.1) is 5.92 Å². The van der Waals surface area contributed by atoms with Crippen LogP contribution in [0.2, 0.25) is 0 Å². The third kappa shape index (κ3) is 10.2. The molecule has 2 aromatic carbocycles. The van der Waals surface area contributed by atoms with Crippen LogP contribution in [0.15, 0.2) is 71.9 Å². The van der Waals surface area contributed by atoms with Crippen LogP contribution in [-0.2, 0) is 40.9 Å². The Morgan fingerprint density at radius 3 is 2.16 bits per heavy atom. The van der Waals surface area contributed by atoms with Crippen LogP contribution in [0.4, 0.5) is 0 Å². The molecule has 260 valence electrons. The van der Waals surface area contributed by atoms with Crippen molar-refractivity contribution in [3.63, 3.8) is 0 Å². The second-order valence-electron chi connectivity index (χ2n) is 13.1. The summed E-state index contributed by atoms with van der Waals surface area (Å²) in [6.07, 6.45) is 8.12. The fourth-order valence-corrected chi connectivity index (χ4v) is 6.62. The third-order valence-corrected chi connectivity index (χ3v) is 9.54. The largest absolute Gasteiger partial charge is 0.347 e. The minimum absolute atomic E-state index is 0.0662. The van der Waals surface area contributed by atoms with Crippen LogP contribution in [0.3, 0.4) is 0 Å². The molecule has 11 nitrogen and oxygen atoms in total. The van der Waals surface area contributed by atoms with Gasteiger partial charge in [-0.05, 0) is 35.6 Å².